The van der Waals surface area contributed by atoms with Crippen LogP contribution in [-0.2, 0) is 0 Å². The molecule has 0 unspecified atom stereocenters. The molecule has 1 saturated carbocycles. The lowest BCUT2D eigenvalue weighted by molar-refractivity contribution is 0.0681. The summed E-state index contributed by atoms with van der Waals surface area (Å²) in [5.41, 5.74) is 6.77. The third-order valence-corrected chi connectivity index (χ3v) is 9.13. The molecule has 0 N–H and O–H groups in total. The molecule has 212 valence electrons. The van der Waals surface area contributed by atoms with E-state index in [4.69, 9.17) is 9.52 Å². The van der Waals surface area contributed by atoms with Crippen LogP contribution in [0.15, 0.2) is 133 Å². The molecule has 2 aliphatic rings. The lowest BCUT2D eigenvalue weighted by Gasteiger charge is -2.29. The van der Waals surface area contributed by atoms with Gasteiger partial charge in [0.25, 0.3) is 5.91 Å². The molecule has 0 spiro atoms. The summed E-state index contributed by atoms with van der Waals surface area (Å²) < 4.78 is 8.08. The first-order valence-corrected chi connectivity index (χ1v) is 15.9. The SMILES string of the molecule is O=C(c1ccc(-c2ncc(-c3ccccc3)o2)cc1)N1N=C2/C(=C/c3ccc(Br)cc3)CCC[C@@H]2[C@@H]1c1ccc(Br)cc1. The van der Waals surface area contributed by atoms with Crippen LogP contribution in [0.2, 0.25) is 0 Å². The zero-order valence-corrected chi connectivity index (χ0v) is 26.3. The standard InChI is InChI=1S/C36H27Br2N3O2/c37-29-17-9-23(10-18-29)21-28-7-4-8-31-33(28)40-41(34(31)25-15-19-30(38)20-16-25)36(42)27-13-11-26(12-14-27)35-39-22-32(43-35)24-5-2-1-3-6-24/h1-3,5-6,9-22,31,34H,4,7-8H2/b28-21+/t31-,34-/m0/s1. The van der Waals surface area contributed by atoms with Crippen LogP contribution in [0, 0.1) is 5.92 Å². The van der Waals surface area contributed by atoms with E-state index in [9.17, 15) is 4.79 Å². The molecule has 0 radical (unpaired) electrons. The van der Waals surface area contributed by atoms with E-state index in [-0.39, 0.29) is 17.9 Å². The van der Waals surface area contributed by atoms with Crippen LogP contribution in [-0.4, -0.2) is 21.6 Å². The number of hydrogen-bond acceptors (Lipinski definition) is 4. The Labute approximate surface area is 267 Å². The minimum Gasteiger partial charge on any atom is -0.436 e. The highest BCUT2D eigenvalue weighted by atomic mass is 79.9. The number of allylic oxidation sites excluding steroid dienone is 1. The lowest BCUT2D eigenvalue weighted by Crippen LogP contribution is -2.31. The zero-order chi connectivity index (χ0) is 29.3. The van der Waals surface area contributed by atoms with Gasteiger partial charge in [-0.1, -0.05) is 86.5 Å². The monoisotopic (exact) mass is 691 g/mol. The van der Waals surface area contributed by atoms with Gasteiger partial charge in [0, 0.05) is 31.6 Å². The van der Waals surface area contributed by atoms with E-state index in [0.29, 0.717) is 17.2 Å². The fraction of sp³-hybridized carbons (Fsp3) is 0.139. The summed E-state index contributed by atoms with van der Waals surface area (Å²) in [6, 6.07) is 33.7. The molecule has 1 aliphatic heterocycles. The van der Waals surface area contributed by atoms with Gasteiger partial charge >= 0.3 is 0 Å². The van der Waals surface area contributed by atoms with Crippen molar-refractivity contribution in [3.63, 3.8) is 0 Å². The Bertz CT molecular complexity index is 1830. The maximum absolute atomic E-state index is 14.1. The van der Waals surface area contributed by atoms with Gasteiger partial charge in [-0.3, -0.25) is 4.79 Å². The Morgan fingerprint density at radius 2 is 1.53 bits per heavy atom. The van der Waals surface area contributed by atoms with Gasteiger partial charge < -0.3 is 4.42 Å². The quantitative estimate of drug-likeness (QED) is 0.184. The maximum atomic E-state index is 14.1. The number of benzene rings is 4. The normalized spacial score (nSPS) is 18.9. The van der Waals surface area contributed by atoms with E-state index in [1.54, 1.807) is 11.2 Å². The van der Waals surface area contributed by atoms with Gasteiger partial charge in [0.2, 0.25) is 5.89 Å². The molecule has 0 bridgehead atoms. The third-order valence-electron chi connectivity index (χ3n) is 8.07. The molecule has 5 nitrogen and oxygen atoms in total. The first-order chi connectivity index (χ1) is 21.0. The van der Waals surface area contributed by atoms with Crippen LogP contribution >= 0.6 is 31.9 Å². The zero-order valence-electron chi connectivity index (χ0n) is 23.2. The van der Waals surface area contributed by atoms with Crippen LogP contribution in [0.4, 0.5) is 0 Å². The number of nitrogens with zero attached hydrogens (tertiary/aromatic N) is 3. The van der Waals surface area contributed by atoms with E-state index in [1.807, 2.05) is 78.9 Å². The molecule has 1 fully saturated rings. The van der Waals surface area contributed by atoms with E-state index in [1.165, 1.54) is 5.57 Å². The number of halogens is 2. The van der Waals surface area contributed by atoms with E-state index in [0.717, 1.165) is 56.2 Å². The fourth-order valence-electron chi connectivity index (χ4n) is 5.95. The van der Waals surface area contributed by atoms with Gasteiger partial charge in [-0.05, 0) is 90.6 Å². The molecular weight excluding hydrogens is 666 g/mol. The summed E-state index contributed by atoms with van der Waals surface area (Å²) in [6.45, 7) is 0. The molecule has 4 aromatic carbocycles. The Morgan fingerprint density at radius 3 is 2.26 bits per heavy atom. The minimum absolute atomic E-state index is 0.123. The van der Waals surface area contributed by atoms with E-state index >= 15 is 0 Å². The molecule has 2 atom stereocenters. The Kier molecular flexibility index (Phi) is 7.68. The van der Waals surface area contributed by atoms with E-state index < -0.39 is 0 Å². The first-order valence-electron chi connectivity index (χ1n) is 14.3. The third kappa shape index (κ3) is 5.67. The van der Waals surface area contributed by atoms with Crippen LogP contribution < -0.4 is 0 Å². The summed E-state index contributed by atoms with van der Waals surface area (Å²) in [6.07, 6.45) is 6.92. The number of carbonyl (C=O) groups excluding carboxylic acids is 1. The van der Waals surface area contributed by atoms with Crippen molar-refractivity contribution in [2.45, 2.75) is 25.3 Å². The molecule has 0 saturated heterocycles. The molecule has 7 heteroatoms. The van der Waals surface area contributed by atoms with Crippen molar-refractivity contribution < 1.29 is 9.21 Å². The van der Waals surface area contributed by atoms with Gasteiger partial charge in [0.15, 0.2) is 5.76 Å². The minimum atomic E-state index is -0.177. The molecule has 1 amide bonds. The Balaban J connectivity index is 1.21. The second-order valence-corrected chi connectivity index (χ2v) is 12.7. The summed E-state index contributed by atoms with van der Waals surface area (Å²) in [5, 5.41) is 6.77. The number of aromatic nitrogens is 1. The van der Waals surface area contributed by atoms with Gasteiger partial charge in [0.05, 0.1) is 18.0 Å². The van der Waals surface area contributed by atoms with Crippen LogP contribution in [0.25, 0.3) is 28.9 Å². The molecule has 43 heavy (non-hydrogen) atoms. The van der Waals surface area contributed by atoms with Crippen LogP contribution in [0.1, 0.15) is 46.8 Å². The smallest absolute Gasteiger partial charge is 0.274 e. The second-order valence-electron chi connectivity index (χ2n) is 10.8. The van der Waals surface area contributed by atoms with Crippen molar-refractivity contribution in [3.8, 4) is 22.8 Å². The second kappa shape index (κ2) is 11.9. The van der Waals surface area contributed by atoms with Gasteiger partial charge in [-0.25, -0.2) is 9.99 Å². The fourth-order valence-corrected chi connectivity index (χ4v) is 6.48. The lowest BCUT2D eigenvalue weighted by atomic mass is 9.77. The van der Waals surface area contributed by atoms with E-state index in [2.05, 4.69) is 67.2 Å². The number of rotatable bonds is 5. The van der Waals surface area contributed by atoms with Crippen molar-refractivity contribution in [2.75, 3.05) is 0 Å². The highest BCUT2D eigenvalue weighted by molar-refractivity contribution is 9.10. The number of hydrogen-bond donors (Lipinski definition) is 0. The highest BCUT2D eigenvalue weighted by Gasteiger charge is 2.44. The van der Waals surface area contributed by atoms with Crippen molar-refractivity contribution in [2.24, 2.45) is 11.0 Å². The largest absolute Gasteiger partial charge is 0.436 e. The Hall–Kier alpha value is -4.07. The topological polar surface area (TPSA) is 58.7 Å². The van der Waals surface area contributed by atoms with Gasteiger partial charge in [-0.2, -0.15) is 5.10 Å². The number of oxazole rings is 1. The molecule has 1 aliphatic carbocycles. The summed E-state index contributed by atoms with van der Waals surface area (Å²) >= 11 is 7.09. The number of amides is 1. The predicted molar refractivity (Wildman–Crippen MR) is 177 cm³/mol. The summed E-state index contributed by atoms with van der Waals surface area (Å²) in [7, 11) is 0. The van der Waals surface area contributed by atoms with Crippen molar-refractivity contribution >= 4 is 49.6 Å². The van der Waals surface area contributed by atoms with Crippen molar-refractivity contribution in [1.82, 2.24) is 9.99 Å². The average Bonchev–Trinajstić information content (AvgIpc) is 3.69. The molecule has 7 rings (SSSR count). The van der Waals surface area contributed by atoms with Gasteiger partial charge in [0.1, 0.15) is 0 Å². The number of hydrazone groups is 1. The maximum Gasteiger partial charge on any atom is 0.274 e. The van der Waals surface area contributed by atoms with Crippen molar-refractivity contribution in [3.05, 3.63) is 141 Å². The van der Waals surface area contributed by atoms with Crippen molar-refractivity contribution in [1.29, 1.82) is 0 Å². The predicted octanol–water partition coefficient (Wildman–Crippen LogP) is 9.97. The highest BCUT2D eigenvalue weighted by Crippen LogP contribution is 2.45. The first kappa shape index (κ1) is 27.7. The summed E-state index contributed by atoms with van der Waals surface area (Å²) in [4.78, 5) is 18.6. The van der Waals surface area contributed by atoms with Gasteiger partial charge in [-0.15, -0.1) is 0 Å². The molecule has 1 aromatic heterocycles. The summed E-state index contributed by atoms with van der Waals surface area (Å²) in [5.74, 6) is 1.22. The number of fused-ring (bicyclic) bond motifs is 1. The average molecular weight is 693 g/mol. The molecule has 2 heterocycles. The van der Waals surface area contributed by atoms with Crippen LogP contribution in [0.3, 0.4) is 0 Å². The molecule has 5 aromatic rings. The Morgan fingerprint density at radius 1 is 0.837 bits per heavy atom. The molecular formula is C36H27Br2N3O2. The number of carbonyl (C=O) groups is 1. The van der Waals surface area contributed by atoms with Crippen LogP contribution in [0.5, 0.6) is 0 Å².